The summed E-state index contributed by atoms with van der Waals surface area (Å²) in [5.41, 5.74) is 4.85. The molecule has 0 aliphatic rings. The molecule has 0 bridgehead atoms. The average molecular weight is 461 g/mol. The standard InChI is InChI=1S/C18H15P.C11H15ClO/c1-4-10-16(11-5-1)19(17-12-6-2-7-13-17)18-14-8-3-9-15-18;1-7-5-11(13-4)9(3)8(2)10(7)6-12/h1-15H;5H,6H2,1-4H3. The van der Waals surface area contributed by atoms with Crippen LogP contribution in [0.4, 0.5) is 0 Å². The van der Waals surface area contributed by atoms with Crippen molar-refractivity contribution in [3.8, 4) is 5.75 Å². The highest BCUT2D eigenvalue weighted by molar-refractivity contribution is 7.79. The van der Waals surface area contributed by atoms with E-state index in [1.807, 2.05) is 6.07 Å². The van der Waals surface area contributed by atoms with Crippen LogP contribution in [-0.2, 0) is 5.88 Å². The predicted octanol–water partition coefficient (Wildman–Crippen LogP) is 6.80. The van der Waals surface area contributed by atoms with E-state index in [1.54, 1.807) is 7.11 Å². The van der Waals surface area contributed by atoms with Crippen molar-refractivity contribution in [2.45, 2.75) is 26.7 Å². The topological polar surface area (TPSA) is 9.23 Å². The third-order valence-electron chi connectivity index (χ3n) is 5.61. The summed E-state index contributed by atoms with van der Waals surface area (Å²) in [4.78, 5) is 0. The van der Waals surface area contributed by atoms with Gasteiger partial charge in [0.15, 0.2) is 0 Å². The molecule has 0 aliphatic carbocycles. The van der Waals surface area contributed by atoms with Crippen molar-refractivity contribution >= 4 is 35.4 Å². The first-order chi connectivity index (χ1) is 15.6. The molecule has 0 saturated heterocycles. The van der Waals surface area contributed by atoms with E-state index in [1.165, 1.54) is 38.2 Å². The van der Waals surface area contributed by atoms with Gasteiger partial charge in [0.05, 0.1) is 7.11 Å². The zero-order valence-corrected chi connectivity index (χ0v) is 20.8. The summed E-state index contributed by atoms with van der Waals surface area (Å²) in [6, 6.07) is 34.4. The van der Waals surface area contributed by atoms with Gasteiger partial charge in [-0.15, -0.1) is 11.6 Å². The fourth-order valence-electron chi connectivity index (χ4n) is 3.69. The van der Waals surface area contributed by atoms with Gasteiger partial charge in [0.2, 0.25) is 0 Å². The van der Waals surface area contributed by atoms with Gasteiger partial charge in [0.25, 0.3) is 0 Å². The molecule has 4 rings (SSSR count). The summed E-state index contributed by atoms with van der Waals surface area (Å²) in [5.74, 6) is 1.52. The molecular formula is C29H30ClOP. The molecule has 0 radical (unpaired) electrons. The Balaban J connectivity index is 0.000000195. The Morgan fingerprint density at radius 3 is 1.41 bits per heavy atom. The minimum absolute atomic E-state index is 0.446. The maximum atomic E-state index is 5.86. The van der Waals surface area contributed by atoms with Crippen LogP contribution in [0, 0.1) is 20.8 Å². The summed E-state index contributed by atoms with van der Waals surface area (Å²) in [7, 11) is 1.25. The van der Waals surface area contributed by atoms with E-state index in [4.69, 9.17) is 16.3 Å². The van der Waals surface area contributed by atoms with Gasteiger partial charge in [-0.05, 0) is 72.9 Å². The van der Waals surface area contributed by atoms with Crippen LogP contribution >= 0.6 is 19.5 Å². The van der Waals surface area contributed by atoms with E-state index < -0.39 is 7.92 Å². The molecule has 164 valence electrons. The Hall–Kier alpha value is -2.60. The molecule has 0 heterocycles. The van der Waals surface area contributed by atoms with Gasteiger partial charge in [-0.3, -0.25) is 0 Å². The fraction of sp³-hybridized carbons (Fsp3) is 0.172. The molecule has 0 aromatic heterocycles. The minimum Gasteiger partial charge on any atom is -0.496 e. The van der Waals surface area contributed by atoms with Crippen LogP contribution < -0.4 is 20.7 Å². The van der Waals surface area contributed by atoms with Gasteiger partial charge in [-0.2, -0.15) is 0 Å². The highest BCUT2D eigenvalue weighted by atomic mass is 35.5. The number of benzene rings is 4. The van der Waals surface area contributed by atoms with Crippen molar-refractivity contribution in [2.24, 2.45) is 0 Å². The van der Waals surface area contributed by atoms with Crippen LogP contribution in [0.3, 0.4) is 0 Å². The number of aryl methyl sites for hydroxylation is 1. The maximum absolute atomic E-state index is 5.86. The zero-order chi connectivity index (χ0) is 22.9. The van der Waals surface area contributed by atoms with Gasteiger partial charge in [0, 0.05) is 5.88 Å². The normalized spacial score (nSPS) is 10.4. The van der Waals surface area contributed by atoms with Gasteiger partial charge >= 0.3 is 0 Å². The van der Waals surface area contributed by atoms with Gasteiger partial charge in [0.1, 0.15) is 5.75 Å². The Labute approximate surface area is 198 Å². The van der Waals surface area contributed by atoms with E-state index in [0.29, 0.717) is 5.88 Å². The first kappa shape index (κ1) is 24.1. The molecule has 0 aliphatic heterocycles. The van der Waals surface area contributed by atoms with E-state index in [2.05, 4.69) is 112 Å². The van der Waals surface area contributed by atoms with Crippen LogP contribution in [0.25, 0.3) is 0 Å². The highest BCUT2D eigenvalue weighted by Crippen LogP contribution is 2.32. The summed E-state index contributed by atoms with van der Waals surface area (Å²) in [5, 5.41) is 4.19. The number of halogens is 1. The van der Waals surface area contributed by atoms with Crippen molar-refractivity contribution in [1.82, 2.24) is 0 Å². The molecule has 0 atom stereocenters. The van der Waals surface area contributed by atoms with Crippen LogP contribution in [0.15, 0.2) is 97.1 Å². The molecule has 1 nitrogen and oxygen atoms in total. The predicted molar refractivity (Wildman–Crippen MR) is 142 cm³/mol. The molecule has 0 amide bonds. The SMILES string of the molecule is COc1cc(C)c(CCl)c(C)c1C.c1ccc(P(c2ccccc2)c2ccccc2)cc1. The molecule has 0 spiro atoms. The molecule has 0 fully saturated rings. The van der Waals surface area contributed by atoms with E-state index >= 15 is 0 Å². The first-order valence-corrected chi connectivity index (χ1v) is 12.6. The lowest BCUT2D eigenvalue weighted by molar-refractivity contribution is 0.411. The highest BCUT2D eigenvalue weighted by Gasteiger charge is 2.15. The van der Waals surface area contributed by atoms with Crippen molar-refractivity contribution in [2.75, 3.05) is 7.11 Å². The Bertz CT molecular complexity index is 1020. The lowest BCUT2D eigenvalue weighted by atomic mass is 9.99. The number of methoxy groups -OCH3 is 1. The second kappa shape index (κ2) is 11.9. The summed E-state index contributed by atoms with van der Waals surface area (Å²) >= 11 is 5.86. The van der Waals surface area contributed by atoms with Gasteiger partial charge in [-0.25, -0.2) is 0 Å². The third-order valence-corrected chi connectivity index (χ3v) is 8.32. The largest absolute Gasteiger partial charge is 0.496 e. The van der Waals surface area contributed by atoms with Crippen molar-refractivity contribution < 1.29 is 4.74 Å². The summed E-state index contributed by atoms with van der Waals surface area (Å²) < 4.78 is 5.26. The molecule has 0 N–H and O–H groups in total. The van der Waals surface area contributed by atoms with Crippen LogP contribution in [0.2, 0.25) is 0 Å². The second-order valence-corrected chi connectivity index (χ2v) is 10.1. The van der Waals surface area contributed by atoms with Gasteiger partial charge < -0.3 is 4.74 Å². The fourth-order valence-corrected chi connectivity index (χ4v) is 6.41. The van der Waals surface area contributed by atoms with Crippen LogP contribution in [0.5, 0.6) is 5.75 Å². The lowest BCUT2D eigenvalue weighted by Crippen LogP contribution is -2.20. The molecular weight excluding hydrogens is 431 g/mol. The Morgan fingerprint density at radius 1 is 0.656 bits per heavy atom. The van der Waals surface area contributed by atoms with Crippen molar-refractivity contribution in [3.63, 3.8) is 0 Å². The Morgan fingerprint density at radius 2 is 1.06 bits per heavy atom. The molecule has 32 heavy (non-hydrogen) atoms. The van der Waals surface area contributed by atoms with Crippen molar-refractivity contribution in [3.05, 3.63) is 119 Å². The van der Waals surface area contributed by atoms with Crippen LogP contribution in [0.1, 0.15) is 22.3 Å². The quantitative estimate of drug-likeness (QED) is 0.235. The lowest BCUT2D eigenvalue weighted by Gasteiger charge is -2.18. The average Bonchev–Trinajstić information content (AvgIpc) is 2.84. The summed E-state index contributed by atoms with van der Waals surface area (Å²) in [6.45, 7) is 6.21. The van der Waals surface area contributed by atoms with E-state index in [-0.39, 0.29) is 0 Å². The van der Waals surface area contributed by atoms with E-state index in [0.717, 1.165) is 5.75 Å². The molecule has 0 unspecified atom stereocenters. The van der Waals surface area contributed by atoms with Gasteiger partial charge in [-0.1, -0.05) is 91.0 Å². The molecule has 3 heteroatoms. The van der Waals surface area contributed by atoms with Crippen LogP contribution in [-0.4, -0.2) is 7.11 Å². The van der Waals surface area contributed by atoms with Crippen molar-refractivity contribution in [1.29, 1.82) is 0 Å². The first-order valence-electron chi connectivity index (χ1n) is 10.7. The zero-order valence-electron chi connectivity index (χ0n) is 19.2. The third kappa shape index (κ3) is 5.80. The maximum Gasteiger partial charge on any atom is 0.122 e. The number of rotatable bonds is 5. The molecule has 0 saturated carbocycles. The molecule has 4 aromatic carbocycles. The number of hydrogen-bond acceptors (Lipinski definition) is 1. The second-order valence-electron chi connectivity index (χ2n) is 7.60. The Kier molecular flexibility index (Phi) is 8.91. The smallest absolute Gasteiger partial charge is 0.122 e. The number of ether oxygens (including phenoxy) is 1. The minimum atomic E-state index is -0.446. The number of alkyl halides is 1. The van der Waals surface area contributed by atoms with E-state index in [9.17, 15) is 0 Å². The molecule has 4 aromatic rings. The number of hydrogen-bond donors (Lipinski definition) is 0. The monoisotopic (exact) mass is 460 g/mol. The summed E-state index contributed by atoms with van der Waals surface area (Å²) in [6.07, 6.45) is 0.